The average Bonchev–Trinajstić information content (AvgIpc) is 2.69. The van der Waals surface area contributed by atoms with Crippen LogP contribution in [0.1, 0.15) is 12.8 Å². The standard InChI is InChI=1S/C9H14BrN5O3S/c1-14-9(7(10)12-13-14)19(17,18)15-4-2-6(3-5-15)8(11)16/h6H,2-5H2,1H3,(H2,11,16). The zero-order valence-electron chi connectivity index (χ0n) is 10.3. The van der Waals surface area contributed by atoms with Gasteiger partial charge in [0.25, 0.3) is 10.0 Å². The van der Waals surface area contributed by atoms with Crippen LogP contribution in [0.3, 0.4) is 0 Å². The van der Waals surface area contributed by atoms with E-state index >= 15 is 0 Å². The molecule has 19 heavy (non-hydrogen) atoms. The molecule has 10 heteroatoms. The molecule has 0 aliphatic carbocycles. The summed E-state index contributed by atoms with van der Waals surface area (Å²) >= 11 is 3.08. The van der Waals surface area contributed by atoms with Gasteiger partial charge < -0.3 is 5.73 Å². The molecule has 1 aliphatic heterocycles. The van der Waals surface area contributed by atoms with Gasteiger partial charge in [0.1, 0.15) is 0 Å². The van der Waals surface area contributed by atoms with Crippen LogP contribution in [0.15, 0.2) is 9.63 Å². The highest BCUT2D eigenvalue weighted by Gasteiger charge is 2.34. The van der Waals surface area contributed by atoms with E-state index in [0.29, 0.717) is 12.8 Å². The first-order chi connectivity index (χ1) is 8.84. The Labute approximate surface area is 119 Å². The van der Waals surface area contributed by atoms with E-state index in [0.717, 1.165) is 0 Å². The van der Waals surface area contributed by atoms with Crippen molar-refractivity contribution in [2.45, 2.75) is 17.9 Å². The molecule has 0 radical (unpaired) electrons. The van der Waals surface area contributed by atoms with Crippen molar-refractivity contribution < 1.29 is 13.2 Å². The smallest absolute Gasteiger partial charge is 0.263 e. The molecule has 1 amide bonds. The minimum Gasteiger partial charge on any atom is -0.369 e. The molecule has 1 saturated heterocycles. The van der Waals surface area contributed by atoms with Crippen molar-refractivity contribution >= 4 is 31.9 Å². The van der Waals surface area contributed by atoms with Crippen molar-refractivity contribution in [1.82, 2.24) is 19.3 Å². The minimum absolute atomic E-state index is 0.0185. The van der Waals surface area contributed by atoms with Crippen molar-refractivity contribution in [3.63, 3.8) is 0 Å². The maximum atomic E-state index is 12.4. The molecule has 0 unspecified atom stereocenters. The van der Waals surface area contributed by atoms with Gasteiger partial charge in [0.15, 0.2) is 4.60 Å². The number of hydrogen-bond donors (Lipinski definition) is 1. The maximum absolute atomic E-state index is 12.4. The zero-order chi connectivity index (χ0) is 14.2. The van der Waals surface area contributed by atoms with Crippen LogP contribution in [-0.2, 0) is 21.9 Å². The van der Waals surface area contributed by atoms with E-state index in [2.05, 4.69) is 26.2 Å². The molecule has 0 spiro atoms. The first-order valence-corrected chi connectivity index (χ1v) is 7.92. The summed E-state index contributed by atoms with van der Waals surface area (Å²) in [6, 6.07) is 0. The number of piperidine rings is 1. The lowest BCUT2D eigenvalue weighted by molar-refractivity contribution is -0.122. The molecule has 1 aromatic rings. The number of aryl methyl sites for hydroxylation is 1. The SMILES string of the molecule is Cn1nnc(Br)c1S(=O)(=O)N1CCC(C(N)=O)CC1. The third kappa shape index (κ3) is 2.65. The number of hydrogen-bond acceptors (Lipinski definition) is 5. The predicted octanol–water partition coefficient (Wildman–Crippen LogP) is -0.536. The second-order valence-corrected chi connectivity index (χ2v) is 6.99. The topological polar surface area (TPSA) is 111 Å². The van der Waals surface area contributed by atoms with E-state index in [1.807, 2.05) is 0 Å². The van der Waals surface area contributed by atoms with Crippen LogP contribution >= 0.6 is 15.9 Å². The van der Waals surface area contributed by atoms with E-state index < -0.39 is 10.0 Å². The van der Waals surface area contributed by atoms with Gasteiger partial charge in [-0.25, -0.2) is 13.1 Å². The molecule has 0 bridgehead atoms. The van der Waals surface area contributed by atoms with Crippen molar-refractivity contribution in [1.29, 1.82) is 0 Å². The highest BCUT2D eigenvalue weighted by Crippen LogP contribution is 2.26. The third-order valence-corrected chi connectivity index (χ3v) is 5.97. The monoisotopic (exact) mass is 351 g/mol. The molecule has 8 nitrogen and oxygen atoms in total. The second-order valence-electron chi connectivity index (χ2n) is 4.39. The Kier molecular flexibility index (Phi) is 3.92. The lowest BCUT2D eigenvalue weighted by Gasteiger charge is -2.29. The Morgan fingerprint density at radius 1 is 1.42 bits per heavy atom. The number of aromatic nitrogens is 3. The molecule has 2 rings (SSSR count). The fraction of sp³-hybridized carbons (Fsp3) is 0.667. The highest BCUT2D eigenvalue weighted by atomic mass is 79.9. The van der Waals surface area contributed by atoms with Gasteiger partial charge in [0, 0.05) is 26.1 Å². The first-order valence-electron chi connectivity index (χ1n) is 5.68. The van der Waals surface area contributed by atoms with Crippen LogP contribution in [0.25, 0.3) is 0 Å². The molecule has 1 aromatic heterocycles. The van der Waals surface area contributed by atoms with Crippen LogP contribution in [0.5, 0.6) is 0 Å². The van der Waals surface area contributed by atoms with Crippen LogP contribution in [-0.4, -0.2) is 46.7 Å². The Morgan fingerprint density at radius 2 is 2.00 bits per heavy atom. The predicted molar refractivity (Wildman–Crippen MR) is 69.4 cm³/mol. The van der Waals surface area contributed by atoms with Gasteiger partial charge >= 0.3 is 0 Å². The molecular formula is C9H14BrN5O3S. The number of carbonyl (C=O) groups excluding carboxylic acids is 1. The number of sulfonamides is 1. The number of primary amides is 1. The molecule has 0 saturated carbocycles. The molecular weight excluding hydrogens is 338 g/mol. The normalized spacial score (nSPS) is 18.6. The number of nitrogens with zero attached hydrogens (tertiary/aromatic N) is 4. The molecule has 0 aromatic carbocycles. The molecule has 2 heterocycles. The number of rotatable bonds is 3. The summed E-state index contributed by atoms with van der Waals surface area (Å²) in [5.41, 5.74) is 5.23. The summed E-state index contributed by atoms with van der Waals surface area (Å²) in [5.74, 6) is -0.625. The summed E-state index contributed by atoms with van der Waals surface area (Å²) in [6.45, 7) is 0.543. The van der Waals surface area contributed by atoms with E-state index in [1.165, 1.54) is 16.0 Å². The van der Waals surface area contributed by atoms with Gasteiger partial charge in [-0.15, -0.1) is 5.10 Å². The molecule has 106 valence electrons. The summed E-state index contributed by atoms with van der Waals surface area (Å²) in [4.78, 5) is 11.1. The van der Waals surface area contributed by atoms with Crippen molar-refractivity contribution in [3.8, 4) is 0 Å². The average molecular weight is 352 g/mol. The van der Waals surface area contributed by atoms with Gasteiger partial charge in [0.05, 0.1) is 0 Å². The molecule has 1 fully saturated rings. The van der Waals surface area contributed by atoms with Crippen LogP contribution < -0.4 is 5.73 Å². The quantitative estimate of drug-likeness (QED) is 0.786. The van der Waals surface area contributed by atoms with Crippen molar-refractivity contribution in [3.05, 3.63) is 4.60 Å². The lowest BCUT2D eigenvalue weighted by Crippen LogP contribution is -2.42. The van der Waals surface area contributed by atoms with E-state index in [4.69, 9.17) is 5.73 Å². The van der Waals surface area contributed by atoms with E-state index in [1.54, 1.807) is 0 Å². The minimum atomic E-state index is -3.66. The number of nitrogens with two attached hydrogens (primary N) is 1. The molecule has 1 aliphatic rings. The number of amides is 1. The van der Waals surface area contributed by atoms with Crippen molar-refractivity contribution in [2.75, 3.05) is 13.1 Å². The zero-order valence-corrected chi connectivity index (χ0v) is 12.7. The summed E-state index contributed by atoms with van der Waals surface area (Å²) < 4.78 is 27.6. The van der Waals surface area contributed by atoms with Crippen molar-refractivity contribution in [2.24, 2.45) is 18.7 Å². The van der Waals surface area contributed by atoms with Crippen LogP contribution in [0, 0.1) is 5.92 Å². The lowest BCUT2D eigenvalue weighted by atomic mass is 9.98. The van der Waals surface area contributed by atoms with Crippen LogP contribution in [0.4, 0.5) is 0 Å². The summed E-state index contributed by atoms with van der Waals surface area (Å²) in [7, 11) is -2.14. The maximum Gasteiger partial charge on any atom is 0.263 e. The van der Waals surface area contributed by atoms with E-state index in [9.17, 15) is 13.2 Å². The fourth-order valence-corrected chi connectivity index (χ4v) is 4.60. The highest BCUT2D eigenvalue weighted by molar-refractivity contribution is 9.10. The third-order valence-electron chi connectivity index (χ3n) is 3.18. The van der Waals surface area contributed by atoms with Gasteiger partial charge in [-0.1, -0.05) is 5.21 Å². The Bertz CT molecular complexity index is 571. The van der Waals surface area contributed by atoms with E-state index in [-0.39, 0.29) is 34.5 Å². The fourth-order valence-electron chi connectivity index (χ4n) is 2.10. The summed E-state index contributed by atoms with van der Waals surface area (Å²) in [6.07, 6.45) is 0.884. The largest absolute Gasteiger partial charge is 0.369 e. The number of carbonyl (C=O) groups is 1. The first kappa shape index (κ1) is 14.4. The molecule has 2 N–H and O–H groups in total. The Morgan fingerprint density at radius 3 is 2.42 bits per heavy atom. The Balaban J connectivity index is 2.21. The second kappa shape index (κ2) is 5.17. The van der Waals surface area contributed by atoms with Gasteiger partial charge in [0.2, 0.25) is 10.9 Å². The van der Waals surface area contributed by atoms with Crippen LogP contribution in [0.2, 0.25) is 0 Å². The number of halogens is 1. The Hall–Kier alpha value is -1.00. The summed E-state index contributed by atoms with van der Waals surface area (Å²) in [5, 5.41) is 7.35. The molecule has 0 atom stereocenters. The van der Waals surface area contributed by atoms with Gasteiger partial charge in [-0.3, -0.25) is 4.79 Å². The van der Waals surface area contributed by atoms with Gasteiger partial charge in [-0.05, 0) is 28.8 Å². The van der Waals surface area contributed by atoms with Gasteiger partial charge in [-0.2, -0.15) is 4.31 Å².